The molecule has 0 fully saturated rings. The van der Waals surface area contributed by atoms with Gasteiger partial charge in [0.1, 0.15) is 0 Å². The maximum Gasteiger partial charge on any atom is 0.297 e. The van der Waals surface area contributed by atoms with Gasteiger partial charge in [0.25, 0.3) is 11.2 Å². The van der Waals surface area contributed by atoms with E-state index in [0.29, 0.717) is 5.56 Å². The largest absolute Gasteiger partial charge is 0.489 e. The van der Waals surface area contributed by atoms with Crippen LogP contribution in [0, 0.1) is 10.1 Å². The third-order valence-electron chi connectivity index (χ3n) is 2.75. The van der Waals surface area contributed by atoms with E-state index in [1.54, 1.807) is 0 Å². The Morgan fingerprint density at radius 3 is 2.71 bits per heavy atom. The highest BCUT2D eigenvalue weighted by molar-refractivity contribution is 6.31. The maximum absolute atomic E-state index is 12.1. The molecule has 110 valence electrons. The molecule has 2 rings (SSSR count). The van der Waals surface area contributed by atoms with E-state index in [1.807, 2.05) is 0 Å². The van der Waals surface area contributed by atoms with Crippen molar-refractivity contribution < 1.29 is 9.66 Å². The van der Waals surface area contributed by atoms with Crippen molar-refractivity contribution in [3.05, 3.63) is 60.7 Å². The first kappa shape index (κ1) is 15.3. The Kier molecular flexibility index (Phi) is 4.44. The summed E-state index contributed by atoms with van der Waals surface area (Å²) in [6.45, 7) is 0.0934. The smallest absolute Gasteiger partial charge is 0.297 e. The van der Waals surface area contributed by atoms with Crippen LogP contribution in [0.4, 0.5) is 5.69 Å². The molecule has 0 aliphatic rings. The summed E-state index contributed by atoms with van der Waals surface area (Å²) in [5.41, 5.74) is -0.0506. The van der Waals surface area contributed by atoms with Gasteiger partial charge in [0.2, 0.25) is 5.75 Å². The van der Waals surface area contributed by atoms with E-state index in [2.05, 4.69) is 4.98 Å². The number of nitro groups is 1. The van der Waals surface area contributed by atoms with Gasteiger partial charge in [-0.15, -0.1) is 0 Å². The van der Waals surface area contributed by atoms with Crippen molar-refractivity contribution in [1.82, 2.24) is 9.55 Å². The van der Waals surface area contributed by atoms with Crippen LogP contribution in [0.1, 0.15) is 5.56 Å². The lowest BCUT2D eigenvalue weighted by atomic mass is 10.2. The molecule has 0 saturated heterocycles. The van der Waals surface area contributed by atoms with Gasteiger partial charge in [-0.3, -0.25) is 19.5 Å². The number of ether oxygens (including phenoxy) is 1. The molecule has 21 heavy (non-hydrogen) atoms. The van der Waals surface area contributed by atoms with Gasteiger partial charge in [-0.2, -0.15) is 0 Å². The zero-order valence-electron chi connectivity index (χ0n) is 10.7. The normalized spacial score (nSPS) is 10.4. The van der Waals surface area contributed by atoms with Crippen LogP contribution < -0.4 is 10.3 Å². The molecular weight excluding hydrogens is 321 g/mol. The number of halogens is 2. The monoisotopic (exact) mass is 329 g/mol. The topological polar surface area (TPSA) is 87.3 Å². The second-order valence-corrected chi connectivity index (χ2v) is 4.80. The van der Waals surface area contributed by atoms with Gasteiger partial charge < -0.3 is 4.74 Å². The second kappa shape index (κ2) is 6.11. The maximum atomic E-state index is 12.1. The van der Waals surface area contributed by atoms with Gasteiger partial charge in [-0.05, 0) is 11.6 Å². The fourth-order valence-corrected chi connectivity index (χ4v) is 2.13. The van der Waals surface area contributed by atoms with Crippen molar-refractivity contribution in [1.29, 1.82) is 0 Å². The van der Waals surface area contributed by atoms with Gasteiger partial charge in [0.15, 0.2) is 5.15 Å². The highest BCUT2D eigenvalue weighted by Crippen LogP contribution is 2.23. The molecule has 0 saturated carbocycles. The Morgan fingerprint density at radius 2 is 2.14 bits per heavy atom. The summed E-state index contributed by atoms with van der Waals surface area (Å²) in [7, 11) is 1.31. The Labute approximate surface area is 128 Å². The molecule has 0 aliphatic heterocycles. The minimum absolute atomic E-state index is 0.0338. The summed E-state index contributed by atoms with van der Waals surface area (Å²) in [6, 6.07) is 4.02. The van der Waals surface area contributed by atoms with Gasteiger partial charge in [0.05, 0.1) is 29.9 Å². The lowest BCUT2D eigenvalue weighted by Crippen LogP contribution is -2.22. The van der Waals surface area contributed by atoms with Crippen LogP contribution in [0.15, 0.2) is 29.3 Å². The first-order chi connectivity index (χ1) is 9.93. The number of benzene rings is 1. The van der Waals surface area contributed by atoms with Gasteiger partial charge in [-0.25, -0.2) is 4.98 Å². The number of nitro benzene ring substituents is 1. The van der Waals surface area contributed by atoms with Crippen molar-refractivity contribution in [2.45, 2.75) is 6.54 Å². The molecule has 0 radical (unpaired) electrons. The number of non-ortho nitro benzene ring substituents is 1. The van der Waals surface area contributed by atoms with Crippen LogP contribution in [-0.2, 0) is 6.54 Å². The molecule has 9 heteroatoms. The first-order valence-electron chi connectivity index (χ1n) is 5.65. The summed E-state index contributed by atoms with van der Waals surface area (Å²) >= 11 is 11.7. The van der Waals surface area contributed by atoms with Gasteiger partial charge in [0, 0.05) is 12.1 Å². The van der Waals surface area contributed by atoms with Crippen molar-refractivity contribution in [2.75, 3.05) is 7.11 Å². The van der Waals surface area contributed by atoms with Crippen molar-refractivity contribution >= 4 is 28.9 Å². The minimum atomic E-state index is -0.547. The summed E-state index contributed by atoms with van der Waals surface area (Å²) in [6.07, 6.45) is 1.25. The first-order valence-corrected chi connectivity index (χ1v) is 6.41. The molecule has 2 aromatic rings. The Balaban J connectivity index is 2.39. The van der Waals surface area contributed by atoms with E-state index in [0.717, 1.165) is 0 Å². The third kappa shape index (κ3) is 3.14. The molecule has 0 amide bonds. The SMILES string of the molecule is COc1c(Cl)ncn(Cc2ccc([N+](=O)[O-])cc2Cl)c1=O. The number of methoxy groups -OCH3 is 1. The molecule has 0 bridgehead atoms. The molecule has 0 atom stereocenters. The molecule has 1 aromatic heterocycles. The quantitative estimate of drug-likeness (QED) is 0.488. The molecule has 7 nitrogen and oxygen atoms in total. The fourth-order valence-electron chi connectivity index (χ4n) is 1.70. The minimum Gasteiger partial charge on any atom is -0.489 e. The van der Waals surface area contributed by atoms with Crippen LogP contribution in [0.5, 0.6) is 5.75 Å². The molecule has 1 aromatic carbocycles. The van der Waals surface area contributed by atoms with E-state index in [-0.39, 0.29) is 28.2 Å². The van der Waals surface area contributed by atoms with Crippen molar-refractivity contribution in [3.8, 4) is 5.75 Å². The number of hydrogen-bond acceptors (Lipinski definition) is 5. The fraction of sp³-hybridized carbons (Fsp3) is 0.167. The van der Waals surface area contributed by atoms with E-state index in [9.17, 15) is 14.9 Å². The van der Waals surface area contributed by atoms with E-state index in [1.165, 1.54) is 36.2 Å². The Morgan fingerprint density at radius 1 is 1.43 bits per heavy atom. The summed E-state index contributed by atoms with van der Waals surface area (Å²) in [4.78, 5) is 26.0. The van der Waals surface area contributed by atoms with E-state index < -0.39 is 10.5 Å². The number of rotatable bonds is 4. The van der Waals surface area contributed by atoms with Crippen LogP contribution in [0.3, 0.4) is 0 Å². The van der Waals surface area contributed by atoms with Crippen molar-refractivity contribution in [3.63, 3.8) is 0 Å². The highest BCUT2D eigenvalue weighted by Gasteiger charge is 2.13. The standard InChI is InChI=1S/C12H9Cl2N3O4/c1-21-10-11(14)15-6-16(12(10)18)5-7-2-3-8(17(19)20)4-9(7)13/h2-4,6H,5H2,1H3. The Hall–Kier alpha value is -2.12. The predicted molar refractivity (Wildman–Crippen MR) is 77.3 cm³/mol. The van der Waals surface area contributed by atoms with Gasteiger partial charge >= 0.3 is 0 Å². The third-order valence-corrected chi connectivity index (χ3v) is 3.37. The average Bonchev–Trinajstić information content (AvgIpc) is 2.44. The molecule has 0 aliphatic carbocycles. The summed E-state index contributed by atoms with van der Waals surface area (Å²) in [5, 5.41) is 10.8. The summed E-state index contributed by atoms with van der Waals surface area (Å²) in [5.74, 6) is -0.0720. The number of nitrogens with zero attached hydrogens (tertiary/aromatic N) is 3. The van der Waals surface area contributed by atoms with Gasteiger partial charge in [-0.1, -0.05) is 23.2 Å². The zero-order chi connectivity index (χ0) is 15.6. The lowest BCUT2D eigenvalue weighted by molar-refractivity contribution is -0.384. The average molecular weight is 330 g/mol. The highest BCUT2D eigenvalue weighted by atomic mass is 35.5. The molecule has 0 spiro atoms. The number of aromatic nitrogens is 2. The zero-order valence-corrected chi connectivity index (χ0v) is 12.3. The van der Waals surface area contributed by atoms with Crippen LogP contribution in [-0.4, -0.2) is 21.6 Å². The summed E-state index contributed by atoms with van der Waals surface area (Å²) < 4.78 is 6.13. The van der Waals surface area contributed by atoms with Crippen LogP contribution >= 0.6 is 23.2 Å². The molecule has 0 unspecified atom stereocenters. The predicted octanol–water partition coefficient (Wildman–Crippen LogP) is 2.52. The van der Waals surface area contributed by atoms with Crippen molar-refractivity contribution in [2.24, 2.45) is 0 Å². The lowest BCUT2D eigenvalue weighted by Gasteiger charge is -2.09. The molecular formula is C12H9Cl2N3O4. The second-order valence-electron chi connectivity index (χ2n) is 4.03. The van der Waals surface area contributed by atoms with E-state index in [4.69, 9.17) is 27.9 Å². The molecule has 0 N–H and O–H groups in total. The van der Waals surface area contributed by atoms with Crippen LogP contribution in [0.2, 0.25) is 10.2 Å². The van der Waals surface area contributed by atoms with Crippen LogP contribution in [0.25, 0.3) is 0 Å². The van der Waals surface area contributed by atoms with E-state index >= 15 is 0 Å². The Bertz CT molecular complexity index is 761. The number of hydrogen-bond donors (Lipinski definition) is 0. The molecule has 1 heterocycles.